The Morgan fingerprint density at radius 3 is 1.77 bits per heavy atom. The van der Waals surface area contributed by atoms with Crippen molar-refractivity contribution in [2.45, 2.75) is 55.9 Å². The number of aliphatic hydroxyl groups is 3. The highest BCUT2D eigenvalue weighted by atomic mass is 16.6. The van der Waals surface area contributed by atoms with Crippen LogP contribution >= 0.6 is 0 Å². The zero-order valence-electron chi connectivity index (χ0n) is 14.7. The van der Waals surface area contributed by atoms with Gasteiger partial charge in [0, 0.05) is 19.3 Å². The van der Waals surface area contributed by atoms with Gasteiger partial charge < -0.3 is 29.5 Å². The summed E-state index contributed by atoms with van der Waals surface area (Å²) in [6, 6.07) is 3.66. The third kappa shape index (κ3) is 4.17. The van der Waals surface area contributed by atoms with Crippen LogP contribution in [0.25, 0.3) is 6.08 Å². The molecule has 142 valence electrons. The first-order valence-electron chi connectivity index (χ1n) is 9.25. The largest absolute Gasteiger partial charge is 0.388 e. The second-order valence-corrected chi connectivity index (χ2v) is 7.40. The lowest BCUT2D eigenvalue weighted by molar-refractivity contribution is 0.119. The Hall–Kier alpha value is -1.28. The standard InChI is InChI=1S/C20H26O6/c1-2-11-3-4-15(16(21)5-12-8-24-12)20(18(23)7-14-10-26-14)19(11)17(22)6-13-9-25-13/h2-4,12-14,16-18,21-23H,1,5-10H2. The van der Waals surface area contributed by atoms with Crippen molar-refractivity contribution < 1.29 is 29.5 Å². The van der Waals surface area contributed by atoms with Gasteiger partial charge in [0.1, 0.15) is 0 Å². The van der Waals surface area contributed by atoms with Gasteiger partial charge in [-0.05, 0) is 22.3 Å². The molecule has 0 aromatic heterocycles. The van der Waals surface area contributed by atoms with E-state index in [9.17, 15) is 15.3 Å². The first-order chi connectivity index (χ1) is 12.6. The Morgan fingerprint density at radius 1 is 0.846 bits per heavy atom. The van der Waals surface area contributed by atoms with E-state index in [1.807, 2.05) is 12.1 Å². The van der Waals surface area contributed by atoms with E-state index in [1.165, 1.54) is 0 Å². The van der Waals surface area contributed by atoms with Gasteiger partial charge in [-0.1, -0.05) is 24.8 Å². The predicted octanol–water partition coefficient (Wildman–Crippen LogP) is 1.80. The maximum absolute atomic E-state index is 10.9. The molecule has 0 spiro atoms. The van der Waals surface area contributed by atoms with E-state index in [2.05, 4.69) is 6.58 Å². The summed E-state index contributed by atoms with van der Waals surface area (Å²) in [4.78, 5) is 0. The quantitative estimate of drug-likeness (QED) is 0.549. The molecule has 1 aromatic rings. The van der Waals surface area contributed by atoms with E-state index >= 15 is 0 Å². The number of hydrogen-bond donors (Lipinski definition) is 3. The number of hydrogen-bond acceptors (Lipinski definition) is 6. The molecule has 3 aliphatic rings. The Labute approximate surface area is 153 Å². The van der Waals surface area contributed by atoms with E-state index in [4.69, 9.17) is 14.2 Å². The molecule has 0 saturated carbocycles. The summed E-state index contributed by atoms with van der Waals surface area (Å²) in [5, 5.41) is 32.5. The maximum atomic E-state index is 10.9. The molecule has 6 atom stereocenters. The van der Waals surface area contributed by atoms with Crippen molar-refractivity contribution in [3.8, 4) is 0 Å². The molecule has 0 radical (unpaired) electrons. The highest BCUT2D eigenvalue weighted by molar-refractivity contribution is 5.58. The van der Waals surface area contributed by atoms with Crippen molar-refractivity contribution in [1.29, 1.82) is 0 Å². The summed E-state index contributed by atoms with van der Waals surface area (Å²) in [7, 11) is 0. The molecule has 26 heavy (non-hydrogen) atoms. The molecule has 1 aromatic carbocycles. The van der Waals surface area contributed by atoms with Crippen LogP contribution in [0.2, 0.25) is 0 Å². The fourth-order valence-electron chi connectivity index (χ4n) is 3.60. The Morgan fingerprint density at radius 2 is 1.31 bits per heavy atom. The minimum Gasteiger partial charge on any atom is -0.388 e. The fourth-order valence-corrected chi connectivity index (χ4v) is 3.60. The normalized spacial score (nSPS) is 29.7. The molecule has 3 heterocycles. The second kappa shape index (κ2) is 7.38. The summed E-state index contributed by atoms with van der Waals surface area (Å²) in [5.41, 5.74) is 2.64. The van der Waals surface area contributed by atoms with E-state index in [-0.39, 0.29) is 18.3 Å². The van der Waals surface area contributed by atoms with Crippen molar-refractivity contribution in [1.82, 2.24) is 0 Å². The number of benzene rings is 1. The minimum atomic E-state index is -0.822. The monoisotopic (exact) mass is 362 g/mol. The predicted molar refractivity (Wildman–Crippen MR) is 94.5 cm³/mol. The number of epoxide rings is 3. The van der Waals surface area contributed by atoms with Gasteiger partial charge in [0.05, 0.1) is 56.4 Å². The smallest absolute Gasteiger partial charge is 0.0837 e. The lowest BCUT2D eigenvalue weighted by atomic mass is 9.84. The van der Waals surface area contributed by atoms with Crippen molar-refractivity contribution >= 4 is 6.08 Å². The lowest BCUT2D eigenvalue weighted by Gasteiger charge is -2.26. The molecule has 3 saturated heterocycles. The van der Waals surface area contributed by atoms with Crippen LogP contribution in [0.15, 0.2) is 18.7 Å². The summed E-state index contributed by atoms with van der Waals surface area (Å²) < 4.78 is 15.7. The molecule has 3 N–H and O–H groups in total. The summed E-state index contributed by atoms with van der Waals surface area (Å²) in [6.45, 7) is 5.79. The maximum Gasteiger partial charge on any atom is 0.0837 e. The molecule has 6 unspecified atom stereocenters. The zero-order valence-corrected chi connectivity index (χ0v) is 14.7. The first-order valence-corrected chi connectivity index (χ1v) is 9.25. The number of ether oxygens (including phenoxy) is 3. The molecule has 4 rings (SSSR count). The Kier molecular flexibility index (Phi) is 5.14. The average Bonchev–Trinajstić information content (AvgIpc) is 3.42. The van der Waals surface area contributed by atoms with Gasteiger partial charge in [0.15, 0.2) is 0 Å². The fraction of sp³-hybridized carbons (Fsp3) is 0.600. The van der Waals surface area contributed by atoms with Gasteiger partial charge in [-0.2, -0.15) is 0 Å². The van der Waals surface area contributed by atoms with E-state index in [0.29, 0.717) is 55.8 Å². The van der Waals surface area contributed by atoms with Crippen molar-refractivity contribution in [2.75, 3.05) is 19.8 Å². The van der Waals surface area contributed by atoms with Crippen LogP contribution in [0, 0.1) is 0 Å². The Bertz CT molecular complexity index is 663. The van der Waals surface area contributed by atoms with Crippen LogP contribution in [0.5, 0.6) is 0 Å². The van der Waals surface area contributed by atoms with Crippen molar-refractivity contribution in [3.63, 3.8) is 0 Å². The van der Waals surface area contributed by atoms with Crippen molar-refractivity contribution in [3.05, 3.63) is 41.0 Å². The van der Waals surface area contributed by atoms with Gasteiger partial charge in [-0.25, -0.2) is 0 Å². The van der Waals surface area contributed by atoms with Crippen LogP contribution in [0.4, 0.5) is 0 Å². The van der Waals surface area contributed by atoms with E-state index < -0.39 is 18.3 Å². The van der Waals surface area contributed by atoms with Gasteiger partial charge in [0.2, 0.25) is 0 Å². The van der Waals surface area contributed by atoms with E-state index in [1.54, 1.807) is 6.08 Å². The third-order valence-corrected chi connectivity index (χ3v) is 5.27. The summed E-state index contributed by atoms with van der Waals surface area (Å²) >= 11 is 0. The molecule has 0 amide bonds. The minimum absolute atomic E-state index is 0.0332. The molecule has 0 aliphatic carbocycles. The Balaban J connectivity index is 1.71. The highest BCUT2D eigenvalue weighted by Crippen LogP contribution is 2.41. The van der Waals surface area contributed by atoms with Crippen LogP contribution in [0.1, 0.15) is 59.8 Å². The van der Waals surface area contributed by atoms with Crippen LogP contribution in [-0.2, 0) is 14.2 Å². The number of aliphatic hydroxyl groups excluding tert-OH is 3. The van der Waals surface area contributed by atoms with Gasteiger partial charge in [0.25, 0.3) is 0 Å². The SMILES string of the molecule is C=Cc1ccc(C(O)CC2CO2)c(C(O)CC2CO2)c1C(O)CC1CO1. The first kappa shape index (κ1) is 18.1. The molecule has 6 heteroatoms. The van der Waals surface area contributed by atoms with Gasteiger partial charge in [-0.15, -0.1) is 0 Å². The third-order valence-electron chi connectivity index (χ3n) is 5.27. The highest BCUT2D eigenvalue weighted by Gasteiger charge is 2.35. The average molecular weight is 362 g/mol. The van der Waals surface area contributed by atoms with Crippen LogP contribution in [-0.4, -0.2) is 53.5 Å². The second-order valence-electron chi connectivity index (χ2n) is 7.40. The lowest BCUT2D eigenvalue weighted by Crippen LogP contribution is -2.17. The van der Waals surface area contributed by atoms with Gasteiger partial charge in [-0.3, -0.25) is 0 Å². The number of rotatable bonds is 10. The molecule has 3 aliphatic heterocycles. The molecule has 3 fully saturated rings. The van der Waals surface area contributed by atoms with Crippen LogP contribution < -0.4 is 0 Å². The van der Waals surface area contributed by atoms with Crippen LogP contribution in [0.3, 0.4) is 0 Å². The molecule has 6 nitrogen and oxygen atoms in total. The van der Waals surface area contributed by atoms with E-state index in [0.717, 1.165) is 5.56 Å². The topological polar surface area (TPSA) is 98.3 Å². The zero-order chi connectivity index (χ0) is 18.3. The molecular weight excluding hydrogens is 336 g/mol. The van der Waals surface area contributed by atoms with Crippen molar-refractivity contribution in [2.24, 2.45) is 0 Å². The molecular formula is C20H26O6. The summed E-state index contributed by atoms with van der Waals surface area (Å²) in [6.07, 6.45) is 0.847. The van der Waals surface area contributed by atoms with Gasteiger partial charge >= 0.3 is 0 Å². The molecule has 0 bridgehead atoms. The summed E-state index contributed by atoms with van der Waals surface area (Å²) in [5.74, 6) is 0.